The normalized spacial score (nSPS) is 10.2. The molecular formula is C10H12INO. The molecule has 0 aromatic heterocycles. The Morgan fingerprint density at radius 1 is 1.38 bits per heavy atom. The largest absolute Gasteiger partial charge is 0.295 e. The number of hydrogen-bond acceptors (Lipinski definition) is 1. The molecule has 0 saturated carbocycles. The molecule has 3 heteroatoms. The molecule has 0 aliphatic rings. The average molecular weight is 289 g/mol. The molecule has 0 aliphatic heterocycles. The first kappa shape index (κ1) is 10.5. The van der Waals surface area contributed by atoms with Crippen LogP contribution in [0.2, 0.25) is 0 Å². The summed E-state index contributed by atoms with van der Waals surface area (Å²) in [6, 6.07) is 7.68. The van der Waals surface area contributed by atoms with Crippen LogP contribution in [-0.2, 0) is 0 Å². The number of hydrogen-bond donors (Lipinski definition) is 1. The van der Waals surface area contributed by atoms with Crippen LogP contribution in [0.15, 0.2) is 24.3 Å². The van der Waals surface area contributed by atoms with Gasteiger partial charge in [-0.2, -0.15) is 0 Å². The summed E-state index contributed by atoms with van der Waals surface area (Å²) in [4.78, 5) is 11.4. The van der Waals surface area contributed by atoms with E-state index in [9.17, 15) is 4.79 Å². The Labute approximate surface area is 92.2 Å². The first-order valence-electron chi connectivity index (χ1n) is 4.16. The fourth-order valence-electron chi connectivity index (χ4n) is 1.26. The van der Waals surface area contributed by atoms with E-state index in [2.05, 4.69) is 17.4 Å². The summed E-state index contributed by atoms with van der Waals surface area (Å²) in [6.45, 7) is 4.17. The lowest BCUT2D eigenvalue weighted by Gasteiger charge is -2.10. The van der Waals surface area contributed by atoms with Gasteiger partial charge in [0.15, 0.2) is 0 Å². The van der Waals surface area contributed by atoms with Crippen molar-refractivity contribution in [2.75, 3.05) is 0 Å². The van der Waals surface area contributed by atoms with Crippen molar-refractivity contribution in [2.45, 2.75) is 19.8 Å². The zero-order chi connectivity index (χ0) is 9.84. The minimum absolute atomic E-state index is 0.0232. The molecule has 13 heavy (non-hydrogen) atoms. The van der Waals surface area contributed by atoms with Crippen molar-refractivity contribution in [1.82, 2.24) is 3.53 Å². The van der Waals surface area contributed by atoms with E-state index in [1.807, 2.05) is 47.1 Å². The number of halogens is 1. The van der Waals surface area contributed by atoms with E-state index >= 15 is 0 Å². The maximum Gasteiger partial charge on any atom is 0.260 e. The Morgan fingerprint density at radius 3 is 2.54 bits per heavy atom. The standard InChI is InChI=1S/C10H12INO/c1-7(2)8-5-3-4-6-9(8)10(13)12-11/h3-7H,1-2H3,(H,12,13). The lowest BCUT2D eigenvalue weighted by Crippen LogP contribution is -2.14. The quantitative estimate of drug-likeness (QED) is 0.658. The van der Waals surface area contributed by atoms with Crippen LogP contribution < -0.4 is 3.53 Å². The minimum atomic E-state index is -0.0232. The highest BCUT2D eigenvalue weighted by Crippen LogP contribution is 2.18. The van der Waals surface area contributed by atoms with Gasteiger partial charge in [0.25, 0.3) is 5.91 Å². The van der Waals surface area contributed by atoms with Crippen LogP contribution in [0.25, 0.3) is 0 Å². The van der Waals surface area contributed by atoms with Gasteiger partial charge in [-0.05, 0) is 17.5 Å². The highest BCUT2D eigenvalue weighted by molar-refractivity contribution is 14.1. The molecule has 0 spiro atoms. The van der Waals surface area contributed by atoms with E-state index < -0.39 is 0 Å². The first-order chi connectivity index (χ1) is 6.16. The van der Waals surface area contributed by atoms with Crippen LogP contribution in [0, 0.1) is 0 Å². The molecule has 0 heterocycles. The fourth-order valence-corrected chi connectivity index (χ4v) is 1.55. The summed E-state index contributed by atoms with van der Waals surface area (Å²) in [6.07, 6.45) is 0. The van der Waals surface area contributed by atoms with Crippen LogP contribution in [0.1, 0.15) is 35.7 Å². The van der Waals surface area contributed by atoms with Gasteiger partial charge in [0.05, 0.1) is 22.9 Å². The third-order valence-electron chi connectivity index (χ3n) is 1.91. The van der Waals surface area contributed by atoms with Crippen LogP contribution in [0.4, 0.5) is 0 Å². The van der Waals surface area contributed by atoms with Crippen molar-refractivity contribution in [2.24, 2.45) is 0 Å². The van der Waals surface area contributed by atoms with Gasteiger partial charge in [0, 0.05) is 5.56 Å². The van der Waals surface area contributed by atoms with Crippen molar-refractivity contribution < 1.29 is 4.79 Å². The molecule has 70 valence electrons. The molecule has 0 bridgehead atoms. The zero-order valence-corrected chi connectivity index (χ0v) is 9.83. The first-order valence-corrected chi connectivity index (χ1v) is 5.24. The molecule has 0 aliphatic carbocycles. The molecule has 1 rings (SSSR count). The number of benzene rings is 1. The van der Waals surface area contributed by atoms with Crippen molar-refractivity contribution in [1.29, 1.82) is 0 Å². The smallest absolute Gasteiger partial charge is 0.260 e. The van der Waals surface area contributed by atoms with E-state index in [1.54, 1.807) is 0 Å². The molecular weight excluding hydrogens is 277 g/mol. The molecule has 1 aromatic rings. The summed E-state index contributed by atoms with van der Waals surface area (Å²) in [5.74, 6) is 0.356. The van der Waals surface area contributed by atoms with Gasteiger partial charge >= 0.3 is 0 Å². The Hall–Kier alpha value is -0.580. The van der Waals surface area contributed by atoms with Gasteiger partial charge in [-0.3, -0.25) is 8.32 Å². The number of carbonyl (C=O) groups excluding carboxylic acids is 1. The van der Waals surface area contributed by atoms with Crippen molar-refractivity contribution >= 4 is 28.8 Å². The van der Waals surface area contributed by atoms with E-state index in [0.29, 0.717) is 5.92 Å². The molecule has 0 radical (unpaired) electrons. The van der Waals surface area contributed by atoms with Crippen molar-refractivity contribution in [3.8, 4) is 0 Å². The minimum Gasteiger partial charge on any atom is -0.295 e. The zero-order valence-electron chi connectivity index (χ0n) is 7.67. The maximum absolute atomic E-state index is 11.4. The number of nitrogens with one attached hydrogen (secondary N) is 1. The van der Waals surface area contributed by atoms with Crippen LogP contribution in [0.5, 0.6) is 0 Å². The van der Waals surface area contributed by atoms with Crippen molar-refractivity contribution in [3.63, 3.8) is 0 Å². The lowest BCUT2D eigenvalue weighted by atomic mass is 9.97. The summed E-state index contributed by atoms with van der Waals surface area (Å²) >= 11 is 1.86. The lowest BCUT2D eigenvalue weighted by molar-refractivity contribution is 0.0988. The van der Waals surface area contributed by atoms with Crippen molar-refractivity contribution in [3.05, 3.63) is 35.4 Å². The highest BCUT2D eigenvalue weighted by Gasteiger charge is 2.11. The van der Waals surface area contributed by atoms with E-state index in [1.165, 1.54) is 0 Å². The summed E-state index contributed by atoms with van der Waals surface area (Å²) in [5.41, 5.74) is 1.86. The average Bonchev–Trinajstić information content (AvgIpc) is 2.16. The third kappa shape index (κ3) is 2.43. The van der Waals surface area contributed by atoms with Gasteiger partial charge in [-0.25, -0.2) is 0 Å². The van der Waals surface area contributed by atoms with Crippen LogP contribution in [-0.4, -0.2) is 5.91 Å². The summed E-state index contributed by atoms with van der Waals surface area (Å²) in [7, 11) is 0. The Bertz CT molecular complexity index is 310. The molecule has 1 aromatic carbocycles. The molecule has 0 unspecified atom stereocenters. The summed E-state index contributed by atoms with van der Waals surface area (Å²) in [5, 5.41) is 0. The Kier molecular flexibility index (Phi) is 3.71. The van der Waals surface area contributed by atoms with Gasteiger partial charge in [0.1, 0.15) is 0 Å². The van der Waals surface area contributed by atoms with Gasteiger partial charge in [-0.15, -0.1) is 0 Å². The van der Waals surface area contributed by atoms with E-state index in [0.717, 1.165) is 11.1 Å². The Morgan fingerprint density at radius 2 is 2.00 bits per heavy atom. The maximum atomic E-state index is 11.4. The van der Waals surface area contributed by atoms with E-state index in [-0.39, 0.29) is 5.91 Å². The summed E-state index contributed by atoms with van der Waals surface area (Å²) < 4.78 is 2.61. The fraction of sp³-hybridized carbons (Fsp3) is 0.300. The second-order valence-electron chi connectivity index (χ2n) is 3.17. The Balaban J connectivity index is 3.12. The SMILES string of the molecule is CC(C)c1ccccc1C(=O)NI. The topological polar surface area (TPSA) is 29.1 Å². The number of carbonyl (C=O) groups is 1. The monoisotopic (exact) mass is 289 g/mol. The van der Waals surface area contributed by atoms with Gasteiger partial charge in [-0.1, -0.05) is 32.0 Å². The molecule has 2 nitrogen and oxygen atoms in total. The van der Waals surface area contributed by atoms with Crippen LogP contribution in [0.3, 0.4) is 0 Å². The van der Waals surface area contributed by atoms with Crippen LogP contribution >= 0.6 is 22.9 Å². The predicted molar refractivity (Wildman–Crippen MR) is 62.0 cm³/mol. The van der Waals surface area contributed by atoms with Gasteiger partial charge in [0.2, 0.25) is 0 Å². The third-order valence-corrected chi connectivity index (χ3v) is 2.40. The molecule has 1 amide bonds. The molecule has 0 fully saturated rings. The van der Waals surface area contributed by atoms with E-state index in [4.69, 9.17) is 0 Å². The number of rotatable bonds is 2. The molecule has 0 atom stereocenters. The highest BCUT2D eigenvalue weighted by atomic mass is 127. The predicted octanol–water partition coefficient (Wildman–Crippen LogP) is 2.89. The second kappa shape index (κ2) is 4.60. The second-order valence-corrected chi connectivity index (χ2v) is 3.70. The van der Waals surface area contributed by atoms with Gasteiger partial charge < -0.3 is 0 Å². The molecule has 0 saturated heterocycles. The molecule has 1 N–H and O–H groups in total. The number of amides is 1.